The number of aromatic amines is 1. The van der Waals surface area contributed by atoms with Gasteiger partial charge in [-0.15, -0.1) is 0 Å². The SMILES string of the molecule is Cc1[nH]nc2c1c(=O)n(CCCN1CCOCC1)c1ccc(Cl)cc21. The summed E-state index contributed by atoms with van der Waals surface area (Å²) in [6.07, 6.45) is 0.917. The topological polar surface area (TPSA) is 63.2 Å². The van der Waals surface area contributed by atoms with Crippen LogP contribution >= 0.6 is 11.6 Å². The number of aryl methyl sites for hydroxylation is 2. The molecule has 7 heteroatoms. The van der Waals surface area contributed by atoms with Crippen molar-refractivity contribution in [3.8, 4) is 0 Å². The number of rotatable bonds is 4. The molecule has 1 N–H and O–H groups in total. The minimum absolute atomic E-state index is 0.0121. The summed E-state index contributed by atoms with van der Waals surface area (Å²) < 4.78 is 7.24. The van der Waals surface area contributed by atoms with E-state index in [0.717, 1.165) is 55.9 Å². The predicted molar refractivity (Wildman–Crippen MR) is 99.5 cm³/mol. The van der Waals surface area contributed by atoms with E-state index >= 15 is 0 Å². The Bertz CT molecular complexity index is 973. The summed E-state index contributed by atoms with van der Waals surface area (Å²) in [4.78, 5) is 15.4. The molecule has 0 unspecified atom stereocenters. The first-order valence-corrected chi connectivity index (χ1v) is 9.00. The third-order valence-corrected chi connectivity index (χ3v) is 5.11. The zero-order valence-electron chi connectivity index (χ0n) is 14.2. The van der Waals surface area contributed by atoms with E-state index in [9.17, 15) is 4.79 Å². The normalized spacial score (nSPS) is 16.1. The lowest BCUT2D eigenvalue weighted by Crippen LogP contribution is -2.37. The van der Waals surface area contributed by atoms with E-state index in [1.807, 2.05) is 29.7 Å². The maximum absolute atomic E-state index is 13.0. The first kappa shape index (κ1) is 16.6. The molecule has 4 rings (SSSR count). The summed E-state index contributed by atoms with van der Waals surface area (Å²) in [6.45, 7) is 7.03. The Morgan fingerprint density at radius 1 is 1.28 bits per heavy atom. The maximum Gasteiger partial charge on any atom is 0.262 e. The van der Waals surface area contributed by atoms with E-state index in [0.29, 0.717) is 22.5 Å². The van der Waals surface area contributed by atoms with Gasteiger partial charge in [0.05, 0.1) is 24.1 Å². The van der Waals surface area contributed by atoms with Crippen molar-refractivity contribution in [2.24, 2.45) is 0 Å². The second kappa shape index (κ2) is 6.78. The Hall–Kier alpha value is -1.89. The number of H-pyrrole nitrogens is 1. The monoisotopic (exact) mass is 360 g/mol. The second-order valence-electron chi connectivity index (χ2n) is 6.50. The summed E-state index contributed by atoms with van der Waals surface area (Å²) in [5, 5.41) is 9.47. The number of aromatic nitrogens is 3. The van der Waals surface area contributed by atoms with Crippen LogP contribution in [-0.2, 0) is 11.3 Å². The Balaban J connectivity index is 1.72. The van der Waals surface area contributed by atoms with Gasteiger partial charge < -0.3 is 9.30 Å². The zero-order valence-corrected chi connectivity index (χ0v) is 15.0. The first-order valence-electron chi connectivity index (χ1n) is 8.62. The molecule has 2 aromatic heterocycles. The highest BCUT2D eigenvalue weighted by Gasteiger charge is 2.16. The van der Waals surface area contributed by atoms with E-state index in [-0.39, 0.29) is 5.56 Å². The van der Waals surface area contributed by atoms with E-state index in [4.69, 9.17) is 16.3 Å². The molecule has 0 amide bonds. The molecule has 0 atom stereocenters. The summed E-state index contributed by atoms with van der Waals surface area (Å²) >= 11 is 6.18. The molecule has 0 saturated carbocycles. The molecule has 0 spiro atoms. The Labute approximate surface area is 150 Å². The van der Waals surface area contributed by atoms with Crippen molar-refractivity contribution in [2.45, 2.75) is 19.9 Å². The largest absolute Gasteiger partial charge is 0.379 e. The van der Waals surface area contributed by atoms with Crippen LogP contribution in [0.5, 0.6) is 0 Å². The molecular weight excluding hydrogens is 340 g/mol. The van der Waals surface area contributed by atoms with Gasteiger partial charge in [0.15, 0.2) is 0 Å². The average molecular weight is 361 g/mol. The number of morpholine rings is 1. The van der Waals surface area contributed by atoms with Crippen molar-refractivity contribution in [2.75, 3.05) is 32.8 Å². The van der Waals surface area contributed by atoms with Crippen LogP contribution in [0.2, 0.25) is 5.02 Å². The fourth-order valence-corrected chi connectivity index (χ4v) is 3.73. The number of fused-ring (bicyclic) bond motifs is 3. The van der Waals surface area contributed by atoms with Crippen LogP contribution in [0.3, 0.4) is 0 Å². The number of ether oxygens (including phenoxy) is 1. The van der Waals surface area contributed by atoms with Gasteiger partial charge in [-0.3, -0.25) is 14.8 Å². The second-order valence-corrected chi connectivity index (χ2v) is 6.93. The third kappa shape index (κ3) is 3.05. The number of pyridine rings is 1. The molecule has 1 aliphatic rings. The van der Waals surface area contributed by atoms with Crippen LogP contribution in [0, 0.1) is 6.92 Å². The third-order valence-electron chi connectivity index (χ3n) is 4.87. The van der Waals surface area contributed by atoms with E-state index in [2.05, 4.69) is 15.1 Å². The molecular formula is C18H21ClN4O2. The molecule has 1 aliphatic heterocycles. The van der Waals surface area contributed by atoms with Gasteiger partial charge in [0.25, 0.3) is 5.56 Å². The molecule has 1 fully saturated rings. The van der Waals surface area contributed by atoms with Crippen LogP contribution in [0.4, 0.5) is 0 Å². The number of halogens is 1. The standard InChI is InChI=1S/C18H21ClN4O2/c1-12-16-17(21-20-12)14-11-13(19)3-4-15(14)23(18(16)24)6-2-5-22-7-9-25-10-8-22/h3-4,11H,2,5-10H2,1H3,(H,20,21). The lowest BCUT2D eigenvalue weighted by atomic mass is 10.1. The first-order chi connectivity index (χ1) is 12.1. The van der Waals surface area contributed by atoms with Gasteiger partial charge in [0.1, 0.15) is 5.52 Å². The number of benzene rings is 1. The lowest BCUT2D eigenvalue weighted by molar-refractivity contribution is 0.0369. The van der Waals surface area contributed by atoms with Crippen LogP contribution in [0.25, 0.3) is 21.8 Å². The van der Waals surface area contributed by atoms with Crippen LogP contribution in [-0.4, -0.2) is 52.5 Å². The molecule has 1 aromatic carbocycles. The van der Waals surface area contributed by atoms with E-state index in [1.54, 1.807) is 0 Å². The van der Waals surface area contributed by atoms with Crippen molar-refractivity contribution in [3.63, 3.8) is 0 Å². The molecule has 25 heavy (non-hydrogen) atoms. The van der Waals surface area contributed by atoms with E-state index in [1.165, 1.54) is 0 Å². The Morgan fingerprint density at radius 3 is 2.88 bits per heavy atom. The molecule has 3 aromatic rings. The summed E-state index contributed by atoms with van der Waals surface area (Å²) in [7, 11) is 0. The Morgan fingerprint density at radius 2 is 2.08 bits per heavy atom. The van der Waals surface area contributed by atoms with Gasteiger partial charge in [-0.1, -0.05) is 11.6 Å². The quantitative estimate of drug-likeness (QED) is 0.776. The van der Waals surface area contributed by atoms with Gasteiger partial charge in [-0.2, -0.15) is 5.10 Å². The number of nitrogens with zero attached hydrogens (tertiary/aromatic N) is 3. The minimum Gasteiger partial charge on any atom is -0.379 e. The van der Waals surface area contributed by atoms with Crippen molar-refractivity contribution < 1.29 is 4.74 Å². The molecule has 1 saturated heterocycles. The van der Waals surface area contributed by atoms with Gasteiger partial charge in [-0.05, 0) is 31.5 Å². The highest BCUT2D eigenvalue weighted by atomic mass is 35.5. The fourth-order valence-electron chi connectivity index (χ4n) is 3.56. The van der Waals surface area contributed by atoms with Crippen LogP contribution in [0.15, 0.2) is 23.0 Å². The highest BCUT2D eigenvalue weighted by molar-refractivity contribution is 6.31. The summed E-state index contributed by atoms with van der Waals surface area (Å²) in [5.74, 6) is 0. The van der Waals surface area contributed by atoms with Gasteiger partial charge in [0, 0.05) is 42.3 Å². The maximum atomic E-state index is 13.0. The summed E-state index contributed by atoms with van der Waals surface area (Å²) in [6, 6.07) is 5.63. The molecule has 6 nitrogen and oxygen atoms in total. The van der Waals surface area contributed by atoms with Crippen molar-refractivity contribution in [1.82, 2.24) is 19.7 Å². The zero-order chi connectivity index (χ0) is 17.4. The fraction of sp³-hybridized carbons (Fsp3) is 0.444. The smallest absolute Gasteiger partial charge is 0.262 e. The van der Waals surface area contributed by atoms with Crippen LogP contribution < -0.4 is 5.56 Å². The van der Waals surface area contributed by atoms with Crippen molar-refractivity contribution in [1.29, 1.82) is 0 Å². The van der Waals surface area contributed by atoms with Gasteiger partial charge >= 0.3 is 0 Å². The average Bonchev–Trinajstić information content (AvgIpc) is 3.01. The molecule has 132 valence electrons. The van der Waals surface area contributed by atoms with Gasteiger partial charge in [0.2, 0.25) is 0 Å². The molecule has 3 heterocycles. The van der Waals surface area contributed by atoms with Crippen LogP contribution in [0.1, 0.15) is 12.1 Å². The molecule has 0 aliphatic carbocycles. The number of hydrogen-bond acceptors (Lipinski definition) is 4. The Kier molecular flexibility index (Phi) is 4.50. The van der Waals surface area contributed by atoms with Gasteiger partial charge in [-0.25, -0.2) is 0 Å². The number of nitrogens with one attached hydrogen (secondary N) is 1. The van der Waals surface area contributed by atoms with Crippen molar-refractivity contribution >= 4 is 33.4 Å². The van der Waals surface area contributed by atoms with Crippen molar-refractivity contribution in [3.05, 3.63) is 39.3 Å². The molecule has 0 bridgehead atoms. The lowest BCUT2D eigenvalue weighted by Gasteiger charge is -2.26. The summed E-state index contributed by atoms with van der Waals surface area (Å²) in [5.41, 5.74) is 2.39. The number of hydrogen-bond donors (Lipinski definition) is 1. The van der Waals surface area contributed by atoms with E-state index < -0.39 is 0 Å². The molecule has 0 radical (unpaired) electrons. The highest BCUT2D eigenvalue weighted by Crippen LogP contribution is 2.25. The minimum atomic E-state index is 0.0121. The predicted octanol–water partition coefficient (Wildman–Crippen LogP) is 2.56.